The highest BCUT2D eigenvalue weighted by atomic mass is 35.5. The van der Waals surface area contributed by atoms with Crippen molar-refractivity contribution in [3.05, 3.63) is 85.1 Å². The van der Waals surface area contributed by atoms with E-state index in [4.69, 9.17) is 51.1 Å². The van der Waals surface area contributed by atoms with Crippen LogP contribution in [-0.4, -0.2) is 40.7 Å². The van der Waals surface area contributed by atoms with E-state index >= 15 is 0 Å². The standard InChI is InChI=1S/C26H17Cl4N3O5S2/c1-38-14-4-2-3-12(9-14)16-10-40-26(32-16)33-17(34)11-39-15-7-5-13(6-8-15)31-24(35)18-19(25(36)37)21(28)23(30)22(29)20(18)27/h2-10H,11H2,1H3,(H,31,35)(H,36,37)(H,32,33,34). The number of thiazole rings is 1. The van der Waals surface area contributed by atoms with Gasteiger partial charge in [0, 0.05) is 21.5 Å². The van der Waals surface area contributed by atoms with Gasteiger partial charge in [0.25, 0.3) is 5.91 Å². The number of methoxy groups -OCH3 is 1. The van der Waals surface area contributed by atoms with Crippen LogP contribution in [0.25, 0.3) is 11.3 Å². The van der Waals surface area contributed by atoms with Gasteiger partial charge in [-0.1, -0.05) is 58.5 Å². The van der Waals surface area contributed by atoms with Crippen molar-refractivity contribution in [2.45, 2.75) is 4.90 Å². The van der Waals surface area contributed by atoms with Crippen LogP contribution in [0.2, 0.25) is 20.1 Å². The quantitative estimate of drug-likeness (QED) is 0.0946. The molecule has 3 aromatic carbocycles. The lowest BCUT2D eigenvalue weighted by Gasteiger charge is -2.14. The van der Waals surface area contributed by atoms with E-state index in [0.717, 1.165) is 16.2 Å². The van der Waals surface area contributed by atoms with Crippen molar-refractivity contribution in [1.82, 2.24) is 4.98 Å². The predicted molar refractivity (Wildman–Crippen MR) is 161 cm³/mol. The number of ether oxygens (including phenoxy) is 1. The lowest BCUT2D eigenvalue weighted by atomic mass is 10.1. The number of carbonyl (C=O) groups is 3. The minimum Gasteiger partial charge on any atom is -0.497 e. The number of anilines is 2. The molecule has 0 unspecified atom stereocenters. The summed E-state index contributed by atoms with van der Waals surface area (Å²) in [6.07, 6.45) is 0. The van der Waals surface area contributed by atoms with Gasteiger partial charge < -0.3 is 20.5 Å². The van der Waals surface area contributed by atoms with E-state index in [0.29, 0.717) is 16.6 Å². The Bertz CT molecular complexity index is 1610. The van der Waals surface area contributed by atoms with Gasteiger partial charge in [-0.2, -0.15) is 0 Å². The summed E-state index contributed by atoms with van der Waals surface area (Å²) in [7, 11) is 1.59. The molecule has 0 aliphatic heterocycles. The number of aromatic nitrogens is 1. The molecule has 206 valence electrons. The van der Waals surface area contributed by atoms with Crippen LogP contribution in [0.5, 0.6) is 5.75 Å². The summed E-state index contributed by atoms with van der Waals surface area (Å²) >= 11 is 26.7. The fraction of sp³-hybridized carbons (Fsp3) is 0.0769. The van der Waals surface area contributed by atoms with Crippen molar-refractivity contribution < 1.29 is 24.2 Å². The van der Waals surface area contributed by atoms with Crippen LogP contribution >= 0.6 is 69.5 Å². The number of hydrogen-bond donors (Lipinski definition) is 3. The summed E-state index contributed by atoms with van der Waals surface area (Å²) in [6.45, 7) is 0. The fourth-order valence-electron chi connectivity index (χ4n) is 3.42. The highest BCUT2D eigenvalue weighted by Crippen LogP contribution is 2.42. The smallest absolute Gasteiger partial charge is 0.338 e. The number of nitrogens with zero attached hydrogens (tertiary/aromatic N) is 1. The van der Waals surface area contributed by atoms with Gasteiger partial charge in [0.2, 0.25) is 5.91 Å². The Morgan fingerprint density at radius 2 is 1.62 bits per heavy atom. The maximum absolute atomic E-state index is 12.9. The number of carboxylic acids is 1. The molecule has 1 heterocycles. The number of nitrogens with one attached hydrogen (secondary N) is 2. The van der Waals surface area contributed by atoms with Crippen LogP contribution < -0.4 is 15.4 Å². The second kappa shape index (κ2) is 13.1. The van der Waals surface area contributed by atoms with Gasteiger partial charge in [0.1, 0.15) is 5.75 Å². The number of hydrogen-bond acceptors (Lipinski definition) is 7. The van der Waals surface area contributed by atoms with Crippen molar-refractivity contribution >= 4 is 98.1 Å². The van der Waals surface area contributed by atoms with Gasteiger partial charge in [-0.15, -0.1) is 23.1 Å². The highest BCUT2D eigenvalue weighted by molar-refractivity contribution is 8.00. The highest BCUT2D eigenvalue weighted by Gasteiger charge is 2.29. The molecule has 2 amide bonds. The second-order valence-corrected chi connectivity index (χ2v) is 11.3. The van der Waals surface area contributed by atoms with E-state index < -0.39 is 28.0 Å². The van der Waals surface area contributed by atoms with Gasteiger partial charge in [-0.25, -0.2) is 9.78 Å². The number of halogens is 4. The van der Waals surface area contributed by atoms with Gasteiger partial charge in [0.05, 0.1) is 49.8 Å². The molecular formula is C26H17Cl4N3O5S2. The maximum atomic E-state index is 12.9. The van der Waals surface area contributed by atoms with Gasteiger partial charge in [-0.3, -0.25) is 9.59 Å². The van der Waals surface area contributed by atoms with E-state index in [-0.39, 0.29) is 26.7 Å². The minimum absolute atomic E-state index is 0.124. The van der Waals surface area contributed by atoms with Crippen LogP contribution in [0.15, 0.2) is 58.8 Å². The Hall–Kier alpha value is -2.99. The summed E-state index contributed by atoms with van der Waals surface area (Å²) in [6, 6.07) is 14.0. The lowest BCUT2D eigenvalue weighted by Crippen LogP contribution is -2.18. The zero-order valence-electron chi connectivity index (χ0n) is 20.3. The second-order valence-electron chi connectivity index (χ2n) is 7.90. The van der Waals surface area contributed by atoms with Crippen LogP contribution in [0.4, 0.5) is 10.8 Å². The van der Waals surface area contributed by atoms with Crippen LogP contribution in [-0.2, 0) is 4.79 Å². The van der Waals surface area contributed by atoms with E-state index in [1.54, 1.807) is 31.4 Å². The van der Waals surface area contributed by atoms with Gasteiger partial charge in [0.15, 0.2) is 5.13 Å². The average Bonchev–Trinajstić information content (AvgIpc) is 3.41. The van der Waals surface area contributed by atoms with Crippen LogP contribution in [0.1, 0.15) is 20.7 Å². The van der Waals surface area contributed by atoms with Crippen molar-refractivity contribution in [1.29, 1.82) is 0 Å². The third-order valence-electron chi connectivity index (χ3n) is 5.31. The largest absolute Gasteiger partial charge is 0.497 e. The first-order chi connectivity index (χ1) is 19.1. The third kappa shape index (κ3) is 6.83. The van der Waals surface area contributed by atoms with Crippen molar-refractivity contribution in [3.8, 4) is 17.0 Å². The first-order valence-corrected chi connectivity index (χ1v) is 14.5. The molecule has 0 fully saturated rings. The number of carboxylic acid groups (broad SMARTS) is 1. The lowest BCUT2D eigenvalue weighted by molar-refractivity contribution is -0.113. The molecule has 1 aromatic heterocycles. The normalized spacial score (nSPS) is 10.7. The van der Waals surface area contributed by atoms with Crippen molar-refractivity contribution in [2.75, 3.05) is 23.5 Å². The predicted octanol–water partition coefficient (Wildman–Crippen LogP) is 8.11. The number of benzene rings is 3. The Kier molecular flexibility index (Phi) is 9.83. The van der Waals surface area contributed by atoms with E-state index in [1.165, 1.54) is 23.1 Å². The van der Waals surface area contributed by atoms with Crippen molar-refractivity contribution in [2.24, 2.45) is 0 Å². The summed E-state index contributed by atoms with van der Waals surface area (Å²) in [5, 5.41) is 16.0. The van der Waals surface area contributed by atoms with Crippen LogP contribution in [0.3, 0.4) is 0 Å². The molecule has 0 radical (unpaired) electrons. The summed E-state index contributed by atoms with van der Waals surface area (Å²) < 4.78 is 5.24. The number of carbonyl (C=O) groups excluding carboxylic acids is 2. The molecule has 3 N–H and O–H groups in total. The van der Waals surface area contributed by atoms with E-state index in [1.807, 2.05) is 29.6 Å². The number of aromatic carboxylic acids is 1. The maximum Gasteiger partial charge on any atom is 0.338 e. The molecule has 4 rings (SSSR count). The number of amides is 2. The molecule has 4 aromatic rings. The zero-order valence-corrected chi connectivity index (χ0v) is 24.9. The minimum atomic E-state index is -1.49. The Morgan fingerprint density at radius 1 is 0.950 bits per heavy atom. The van der Waals surface area contributed by atoms with E-state index in [9.17, 15) is 19.5 Å². The van der Waals surface area contributed by atoms with Gasteiger partial charge >= 0.3 is 5.97 Å². The summed E-state index contributed by atoms with van der Waals surface area (Å²) in [5.74, 6) is -1.72. The molecule has 0 bridgehead atoms. The molecule has 0 aliphatic rings. The molecule has 40 heavy (non-hydrogen) atoms. The number of rotatable bonds is 9. The van der Waals surface area contributed by atoms with Crippen LogP contribution in [0, 0.1) is 0 Å². The van der Waals surface area contributed by atoms with E-state index in [2.05, 4.69) is 15.6 Å². The SMILES string of the molecule is COc1cccc(-c2csc(NC(=O)CSc3ccc(NC(=O)c4c(Cl)c(Cl)c(Cl)c(Cl)c4C(=O)O)cc3)n2)c1. The summed E-state index contributed by atoms with van der Waals surface area (Å²) in [4.78, 5) is 42.3. The molecule has 0 spiro atoms. The zero-order chi connectivity index (χ0) is 29.0. The Balaban J connectivity index is 1.36. The third-order valence-corrected chi connectivity index (χ3v) is 8.88. The molecule has 0 saturated heterocycles. The molecule has 0 aliphatic carbocycles. The number of thioether (sulfide) groups is 1. The summed E-state index contributed by atoms with van der Waals surface area (Å²) in [5.41, 5.74) is 0.972. The molecule has 0 atom stereocenters. The van der Waals surface area contributed by atoms with Gasteiger partial charge in [-0.05, 0) is 36.4 Å². The first-order valence-electron chi connectivity index (χ1n) is 11.1. The monoisotopic (exact) mass is 655 g/mol. The molecule has 0 saturated carbocycles. The molecular weight excluding hydrogens is 640 g/mol. The molecule has 14 heteroatoms. The Morgan fingerprint density at radius 3 is 2.27 bits per heavy atom. The Labute approximate surface area is 256 Å². The fourth-order valence-corrected chi connectivity index (χ4v) is 5.88. The topological polar surface area (TPSA) is 118 Å². The first kappa shape index (κ1) is 30.0. The van der Waals surface area contributed by atoms with Crippen molar-refractivity contribution in [3.63, 3.8) is 0 Å². The average molecular weight is 657 g/mol. The molecule has 8 nitrogen and oxygen atoms in total.